The van der Waals surface area contributed by atoms with Crippen molar-refractivity contribution in [1.82, 2.24) is 14.1 Å². The van der Waals surface area contributed by atoms with E-state index in [2.05, 4.69) is 187 Å². The second-order valence-corrected chi connectivity index (χ2v) is 12.4. The summed E-state index contributed by atoms with van der Waals surface area (Å²) in [6, 6.07) is 54.4. The number of aryl methyl sites for hydroxylation is 1. The number of fused-ring (bicyclic) bond motifs is 6. The van der Waals surface area contributed by atoms with Crippen molar-refractivity contribution in [2.75, 3.05) is 0 Å². The van der Waals surface area contributed by atoms with E-state index in [-0.39, 0.29) is 0 Å². The summed E-state index contributed by atoms with van der Waals surface area (Å²) in [4.78, 5) is 5.37. The maximum atomic E-state index is 5.37. The van der Waals surface area contributed by atoms with Crippen LogP contribution >= 0.6 is 0 Å². The minimum absolute atomic E-state index is 0.940. The van der Waals surface area contributed by atoms with Crippen LogP contribution in [0.5, 0.6) is 0 Å². The minimum atomic E-state index is 0.940. The maximum absolute atomic E-state index is 5.37. The fraction of sp³-hybridized carbons (Fsp3) is 0.0444. The van der Waals surface area contributed by atoms with E-state index in [1.54, 1.807) is 0 Å². The van der Waals surface area contributed by atoms with Crippen molar-refractivity contribution in [2.45, 2.75) is 13.8 Å². The van der Waals surface area contributed by atoms with Gasteiger partial charge >= 0.3 is 0 Å². The summed E-state index contributed by atoms with van der Waals surface area (Å²) >= 11 is 0. The molecule has 0 bridgehead atoms. The van der Waals surface area contributed by atoms with Crippen LogP contribution in [-0.2, 0) is 0 Å². The molecule has 9 rings (SSSR count). The molecule has 228 valence electrons. The molecule has 0 N–H and O–H groups in total. The zero-order valence-corrected chi connectivity index (χ0v) is 26.9. The number of imidazole rings is 1. The first-order valence-electron chi connectivity index (χ1n) is 16.5. The number of para-hydroxylation sites is 3. The number of nitrogens with zero attached hydrogens (tertiary/aromatic N) is 3. The minimum Gasteiger partial charge on any atom is -0.309 e. The van der Waals surface area contributed by atoms with Crippen molar-refractivity contribution in [2.24, 2.45) is 0 Å². The fourth-order valence-corrected chi connectivity index (χ4v) is 7.40. The summed E-state index contributed by atoms with van der Waals surface area (Å²) in [5, 5.41) is 4.99. The van der Waals surface area contributed by atoms with Crippen LogP contribution in [0, 0.1) is 6.92 Å². The predicted molar refractivity (Wildman–Crippen MR) is 203 cm³/mol. The van der Waals surface area contributed by atoms with Gasteiger partial charge in [-0.25, -0.2) is 4.98 Å². The van der Waals surface area contributed by atoms with Crippen molar-refractivity contribution in [3.05, 3.63) is 169 Å². The van der Waals surface area contributed by atoms with Gasteiger partial charge in [0.25, 0.3) is 0 Å². The summed E-state index contributed by atoms with van der Waals surface area (Å²) in [6.07, 6.45) is 4.32. The second kappa shape index (κ2) is 11.3. The summed E-state index contributed by atoms with van der Waals surface area (Å²) in [5.41, 5.74) is 12.7. The summed E-state index contributed by atoms with van der Waals surface area (Å²) in [6.45, 7) is 4.27. The average Bonchev–Trinajstić information content (AvgIpc) is 3.71. The van der Waals surface area contributed by atoms with E-state index in [1.807, 2.05) is 0 Å². The fourth-order valence-electron chi connectivity index (χ4n) is 7.40. The Morgan fingerprint density at radius 3 is 1.60 bits per heavy atom. The molecule has 0 unspecified atom stereocenters. The number of benzene rings is 7. The van der Waals surface area contributed by atoms with Crippen molar-refractivity contribution >= 4 is 49.7 Å². The van der Waals surface area contributed by atoms with Crippen molar-refractivity contribution in [3.8, 4) is 33.9 Å². The van der Waals surface area contributed by atoms with E-state index in [1.165, 1.54) is 54.8 Å². The number of allylic oxidation sites excluding steroid dienone is 1. The molecule has 48 heavy (non-hydrogen) atoms. The zero-order valence-electron chi connectivity index (χ0n) is 26.9. The van der Waals surface area contributed by atoms with Crippen molar-refractivity contribution in [3.63, 3.8) is 0 Å². The highest BCUT2D eigenvalue weighted by atomic mass is 15.1. The lowest BCUT2D eigenvalue weighted by atomic mass is 9.97. The van der Waals surface area contributed by atoms with E-state index in [4.69, 9.17) is 4.98 Å². The van der Waals surface area contributed by atoms with Gasteiger partial charge in [-0.15, -0.1) is 0 Å². The molecule has 0 atom stereocenters. The molecule has 3 heteroatoms. The lowest BCUT2D eigenvalue weighted by molar-refractivity contribution is 1.11. The standard InChI is InChI=1S/C45H33N3/c1-3-13-36-30(2)43-44(40-19-8-7-16-37(36)40)48(34-14-5-4-6-15-34)45(46-43)33-24-22-31(23-25-33)32-26-28-35(29-27-32)47-41-20-11-9-17-38(41)39-18-10-12-21-42(39)47/h3-29H,1-2H3/b13-3-. The predicted octanol–water partition coefficient (Wildman–Crippen LogP) is 12.0. The van der Waals surface area contributed by atoms with E-state index < -0.39 is 0 Å². The lowest BCUT2D eigenvalue weighted by Crippen LogP contribution is -1.98. The van der Waals surface area contributed by atoms with Crippen LogP contribution < -0.4 is 0 Å². The van der Waals surface area contributed by atoms with Gasteiger partial charge in [0.15, 0.2) is 0 Å². The highest BCUT2D eigenvalue weighted by molar-refractivity contribution is 6.12. The molecule has 0 spiro atoms. The Morgan fingerprint density at radius 2 is 0.979 bits per heavy atom. The molecule has 0 radical (unpaired) electrons. The van der Waals surface area contributed by atoms with Crippen LogP contribution in [0.15, 0.2) is 158 Å². The number of hydrogen-bond donors (Lipinski definition) is 0. The Morgan fingerprint density at radius 1 is 0.479 bits per heavy atom. The van der Waals surface area contributed by atoms with Crippen LogP contribution in [0.3, 0.4) is 0 Å². The first kappa shape index (κ1) is 28.1. The third-order valence-corrected chi connectivity index (χ3v) is 9.64. The molecule has 0 fully saturated rings. The molecule has 0 aliphatic rings. The zero-order chi connectivity index (χ0) is 32.2. The highest BCUT2D eigenvalue weighted by Crippen LogP contribution is 2.39. The van der Waals surface area contributed by atoms with Crippen LogP contribution in [0.4, 0.5) is 0 Å². The van der Waals surface area contributed by atoms with Gasteiger partial charge in [0.05, 0.1) is 22.1 Å². The summed E-state index contributed by atoms with van der Waals surface area (Å²) in [5.74, 6) is 0.940. The normalized spacial score (nSPS) is 11.9. The molecule has 2 aromatic heterocycles. The van der Waals surface area contributed by atoms with E-state index in [0.717, 1.165) is 33.8 Å². The van der Waals surface area contributed by atoms with E-state index >= 15 is 0 Å². The number of rotatable bonds is 5. The lowest BCUT2D eigenvalue weighted by Gasteiger charge is -2.13. The Hall–Kier alpha value is -6.19. The summed E-state index contributed by atoms with van der Waals surface area (Å²) < 4.78 is 4.69. The van der Waals surface area contributed by atoms with Gasteiger partial charge in [0.1, 0.15) is 5.82 Å². The molecule has 2 heterocycles. The Balaban J connectivity index is 1.16. The molecule has 0 saturated heterocycles. The monoisotopic (exact) mass is 615 g/mol. The smallest absolute Gasteiger partial charge is 0.145 e. The molecule has 0 amide bonds. The van der Waals surface area contributed by atoms with Gasteiger partial charge in [0, 0.05) is 33.1 Å². The molecule has 0 saturated carbocycles. The van der Waals surface area contributed by atoms with Crippen LogP contribution in [-0.4, -0.2) is 14.1 Å². The molecule has 0 aliphatic heterocycles. The van der Waals surface area contributed by atoms with Crippen molar-refractivity contribution < 1.29 is 0 Å². The van der Waals surface area contributed by atoms with E-state index in [9.17, 15) is 0 Å². The first-order chi connectivity index (χ1) is 23.7. The third-order valence-electron chi connectivity index (χ3n) is 9.64. The van der Waals surface area contributed by atoms with Crippen molar-refractivity contribution in [1.29, 1.82) is 0 Å². The maximum Gasteiger partial charge on any atom is 0.145 e. The molecular formula is C45H33N3. The SMILES string of the molecule is C/C=C\c1c(C)c2nc(-c3ccc(-c4ccc(-n5c6ccccc6c6ccccc65)cc4)cc3)n(-c3ccccc3)c2c2ccccc12. The largest absolute Gasteiger partial charge is 0.309 e. The second-order valence-electron chi connectivity index (χ2n) is 12.4. The van der Waals surface area contributed by atoms with Gasteiger partial charge in [-0.05, 0) is 77.9 Å². The Bertz CT molecular complexity index is 2600. The van der Waals surface area contributed by atoms with Gasteiger partial charge < -0.3 is 4.57 Å². The molecule has 3 nitrogen and oxygen atoms in total. The highest BCUT2D eigenvalue weighted by Gasteiger charge is 2.21. The number of aromatic nitrogens is 3. The van der Waals surface area contributed by atoms with Gasteiger partial charge in [-0.1, -0.05) is 127 Å². The molecule has 9 aromatic rings. The summed E-state index contributed by atoms with van der Waals surface area (Å²) in [7, 11) is 0. The number of hydrogen-bond acceptors (Lipinski definition) is 1. The quantitative estimate of drug-likeness (QED) is 0.189. The third kappa shape index (κ3) is 4.32. The van der Waals surface area contributed by atoms with Crippen LogP contribution in [0.1, 0.15) is 18.1 Å². The van der Waals surface area contributed by atoms with Crippen LogP contribution in [0.2, 0.25) is 0 Å². The van der Waals surface area contributed by atoms with Gasteiger partial charge in [-0.2, -0.15) is 0 Å². The Kier molecular flexibility index (Phi) is 6.58. The Labute approximate surface area is 279 Å². The van der Waals surface area contributed by atoms with Gasteiger partial charge in [0.2, 0.25) is 0 Å². The van der Waals surface area contributed by atoms with Gasteiger partial charge in [-0.3, -0.25) is 4.57 Å². The first-order valence-corrected chi connectivity index (χ1v) is 16.5. The molecule has 0 aliphatic carbocycles. The van der Waals surface area contributed by atoms with E-state index in [0.29, 0.717) is 0 Å². The van der Waals surface area contributed by atoms with Crippen LogP contribution in [0.25, 0.3) is 83.6 Å². The molecular weight excluding hydrogens is 583 g/mol. The average molecular weight is 616 g/mol. The topological polar surface area (TPSA) is 22.8 Å². The molecule has 7 aromatic carbocycles.